The van der Waals surface area contributed by atoms with E-state index < -0.39 is 5.60 Å². The van der Waals surface area contributed by atoms with Gasteiger partial charge in [-0.3, -0.25) is 0 Å². The van der Waals surface area contributed by atoms with Crippen LogP contribution in [0.2, 0.25) is 0 Å². The molecule has 0 radical (unpaired) electrons. The summed E-state index contributed by atoms with van der Waals surface area (Å²) >= 11 is 0. The third kappa shape index (κ3) is 1.40. The Morgan fingerprint density at radius 2 is 1.86 bits per heavy atom. The molecular formula is C12H16O2. The van der Waals surface area contributed by atoms with E-state index in [4.69, 9.17) is 4.74 Å². The highest BCUT2D eigenvalue weighted by molar-refractivity contribution is 5.45. The van der Waals surface area contributed by atoms with Gasteiger partial charge >= 0.3 is 0 Å². The number of hydrogen-bond donors (Lipinski definition) is 1. The summed E-state index contributed by atoms with van der Waals surface area (Å²) in [4.78, 5) is 0. The van der Waals surface area contributed by atoms with E-state index in [1.54, 1.807) is 7.11 Å². The molecular weight excluding hydrogens is 176 g/mol. The molecule has 1 aliphatic carbocycles. The molecule has 2 rings (SSSR count). The van der Waals surface area contributed by atoms with Gasteiger partial charge < -0.3 is 9.84 Å². The lowest BCUT2D eigenvalue weighted by molar-refractivity contribution is 0.150. The van der Waals surface area contributed by atoms with Crippen LogP contribution in [0.25, 0.3) is 0 Å². The number of aryl methyl sites for hydroxylation is 2. The molecule has 2 nitrogen and oxygen atoms in total. The second-order valence-corrected chi connectivity index (χ2v) is 4.17. The van der Waals surface area contributed by atoms with Crippen LogP contribution in [-0.2, 0) is 5.60 Å². The molecule has 0 atom stereocenters. The maximum Gasteiger partial charge on any atom is 0.122 e. The van der Waals surface area contributed by atoms with Crippen molar-refractivity contribution in [1.82, 2.24) is 0 Å². The van der Waals surface area contributed by atoms with Gasteiger partial charge in [0.1, 0.15) is 5.75 Å². The first-order chi connectivity index (χ1) is 6.57. The zero-order valence-electron chi connectivity index (χ0n) is 8.92. The van der Waals surface area contributed by atoms with Crippen molar-refractivity contribution in [2.75, 3.05) is 7.11 Å². The Kier molecular flexibility index (Phi) is 2.04. The monoisotopic (exact) mass is 192 g/mol. The fraction of sp³-hybridized carbons (Fsp3) is 0.500. The maximum absolute atomic E-state index is 10.0. The maximum atomic E-state index is 10.0. The van der Waals surface area contributed by atoms with Gasteiger partial charge in [-0.1, -0.05) is 0 Å². The van der Waals surface area contributed by atoms with Gasteiger partial charge in [0.2, 0.25) is 0 Å². The third-order valence-electron chi connectivity index (χ3n) is 2.97. The van der Waals surface area contributed by atoms with E-state index in [1.807, 2.05) is 26.0 Å². The molecule has 2 heteroatoms. The van der Waals surface area contributed by atoms with E-state index in [9.17, 15) is 5.11 Å². The summed E-state index contributed by atoms with van der Waals surface area (Å²) in [5.41, 5.74) is 2.73. The van der Waals surface area contributed by atoms with Crippen molar-refractivity contribution in [1.29, 1.82) is 0 Å². The van der Waals surface area contributed by atoms with E-state index in [0.29, 0.717) is 0 Å². The minimum atomic E-state index is -0.541. The van der Waals surface area contributed by atoms with Gasteiger partial charge in [-0.15, -0.1) is 0 Å². The lowest BCUT2D eigenvalue weighted by Gasteiger charge is -2.15. The third-order valence-corrected chi connectivity index (χ3v) is 2.97. The van der Waals surface area contributed by atoms with Crippen molar-refractivity contribution in [2.24, 2.45) is 0 Å². The zero-order valence-corrected chi connectivity index (χ0v) is 8.92. The first-order valence-electron chi connectivity index (χ1n) is 4.95. The number of methoxy groups -OCH3 is 1. The van der Waals surface area contributed by atoms with E-state index in [1.165, 1.54) is 0 Å². The SMILES string of the molecule is COc1cc(C)c(C2(O)CC2)cc1C. The van der Waals surface area contributed by atoms with Crippen LogP contribution in [0, 0.1) is 13.8 Å². The van der Waals surface area contributed by atoms with Crippen LogP contribution in [-0.4, -0.2) is 12.2 Å². The van der Waals surface area contributed by atoms with Crippen LogP contribution in [0.5, 0.6) is 5.75 Å². The fourth-order valence-electron chi connectivity index (χ4n) is 1.90. The molecule has 1 aromatic carbocycles. The first-order valence-corrected chi connectivity index (χ1v) is 4.95. The van der Waals surface area contributed by atoms with Crippen molar-refractivity contribution in [3.8, 4) is 5.75 Å². The van der Waals surface area contributed by atoms with E-state index in [0.717, 1.165) is 35.3 Å². The minimum Gasteiger partial charge on any atom is -0.496 e. The van der Waals surface area contributed by atoms with Crippen LogP contribution in [0.3, 0.4) is 0 Å². The summed E-state index contributed by atoms with van der Waals surface area (Å²) in [5.74, 6) is 0.899. The Morgan fingerprint density at radius 1 is 1.21 bits per heavy atom. The molecule has 0 saturated heterocycles. The van der Waals surface area contributed by atoms with Gasteiger partial charge in [0, 0.05) is 0 Å². The molecule has 1 saturated carbocycles. The second kappa shape index (κ2) is 2.99. The summed E-state index contributed by atoms with van der Waals surface area (Å²) in [6, 6.07) is 4.04. The quantitative estimate of drug-likeness (QED) is 0.779. The highest BCUT2D eigenvalue weighted by Gasteiger charge is 2.43. The van der Waals surface area contributed by atoms with Gasteiger partial charge in [-0.25, -0.2) is 0 Å². The molecule has 0 heterocycles. The van der Waals surface area contributed by atoms with E-state index in [2.05, 4.69) is 0 Å². The fourth-order valence-corrected chi connectivity index (χ4v) is 1.90. The predicted octanol–water partition coefficient (Wildman–Crippen LogP) is 2.29. The standard InChI is InChI=1S/C12H16O2/c1-8-7-11(14-3)9(2)6-10(8)12(13)4-5-12/h6-7,13H,4-5H2,1-3H3. The van der Waals surface area contributed by atoms with Crippen molar-refractivity contribution >= 4 is 0 Å². The summed E-state index contributed by atoms with van der Waals surface area (Å²) in [7, 11) is 1.67. The number of ether oxygens (including phenoxy) is 1. The smallest absolute Gasteiger partial charge is 0.122 e. The minimum absolute atomic E-state index is 0.541. The summed E-state index contributed by atoms with van der Waals surface area (Å²) in [6.45, 7) is 4.03. The number of hydrogen-bond acceptors (Lipinski definition) is 2. The van der Waals surface area contributed by atoms with E-state index >= 15 is 0 Å². The molecule has 0 unspecified atom stereocenters. The molecule has 0 bridgehead atoms. The van der Waals surface area contributed by atoms with Gasteiger partial charge in [-0.2, -0.15) is 0 Å². The lowest BCUT2D eigenvalue weighted by atomic mass is 9.98. The van der Waals surface area contributed by atoms with Crippen LogP contribution < -0.4 is 4.74 Å². The largest absolute Gasteiger partial charge is 0.496 e. The normalized spacial score (nSPS) is 18.0. The van der Waals surface area contributed by atoms with E-state index in [-0.39, 0.29) is 0 Å². The molecule has 14 heavy (non-hydrogen) atoms. The van der Waals surface area contributed by atoms with Gasteiger partial charge in [-0.05, 0) is 55.5 Å². The Labute approximate surface area is 84.5 Å². The van der Waals surface area contributed by atoms with Crippen molar-refractivity contribution in [3.63, 3.8) is 0 Å². The average Bonchev–Trinajstić information content (AvgIpc) is 2.88. The Morgan fingerprint density at radius 3 is 2.36 bits per heavy atom. The highest BCUT2D eigenvalue weighted by Crippen LogP contribution is 2.47. The van der Waals surface area contributed by atoms with Gasteiger partial charge in [0.15, 0.2) is 0 Å². The molecule has 0 aliphatic heterocycles. The lowest BCUT2D eigenvalue weighted by Crippen LogP contribution is -2.07. The highest BCUT2D eigenvalue weighted by atomic mass is 16.5. The summed E-state index contributed by atoms with van der Waals surface area (Å²) < 4.78 is 5.23. The number of benzene rings is 1. The van der Waals surface area contributed by atoms with Crippen LogP contribution in [0.1, 0.15) is 29.5 Å². The second-order valence-electron chi connectivity index (χ2n) is 4.17. The van der Waals surface area contributed by atoms with Crippen LogP contribution in [0.4, 0.5) is 0 Å². The molecule has 0 spiro atoms. The molecule has 1 fully saturated rings. The summed E-state index contributed by atoms with van der Waals surface area (Å²) in [6.07, 6.45) is 1.78. The van der Waals surface area contributed by atoms with Crippen molar-refractivity contribution in [2.45, 2.75) is 32.3 Å². The molecule has 1 aliphatic rings. The summed E-state index contributed by atoms with van der Waals surface area (Å²) in [5, 5.41) is 10.0. The molecule has 0 amide bonds. The molecule has 1 aromatic rings. The first kappa shape index (κ1) is 9.53. The van der Waals surface area contributed by atoms with Crippen LogP contribution in [0.15, 0.2) is 12.1 Å². The van der Waals surface area contributed by atoms with Crippen LogP contribution >= 0.6 is 0 Å². The Bertz CT molecular complexity index is 365. The zero-order chi connectivity index (χ0) is 10.3. The van der Waals surface area contributed by atoms with Crippen molar-refractivity contribution < 1.29 is 9.84 Å². The Balaban J connectivity index is 2.48. The van der Waals surface area contributed by atoms with Gasteiger partial charge in [0.25, 0.3) is 0 Å². The average molecular weight is 192 g/mol. The van der Waals surface area contributed by atoms with Crippen molar-refractivity contribution in [3.05, 3.63) is 28.8 Å². The Hall–Kier alpha value is -1.02. The molecule has 76 valence electrons. The predicted molar refractivity (Wildman–Crippen MR) is 55.6 cm³/mol. The molecule has 0 aromatic heterocycles. The van der Waals surface area contributed by atoms with Gasteiger partial charge in [0.05, 0.1) is 12.7 Å². The topological polar surface area (TPSA) is 29.5 Å². The number of aliphatic hydroxyl groups is 1. The number of rotatable bonds is 2. The molecule has 1 N–H and O–H groups in total.